The summed E-state index contributed by atoms with van der Waals surface area (Å²) in [6, 6.07) is 4.00. The second kappa shape index (κ2) is 7.39. The number of rotatable bonds is 1. The molecule has 2 aliphatic heterocycles. The molecular weight excluding hydrogens is 410 g/mol. The quantitative estimate of drug-likeness (QED) is 0.636. The first kappa shape index (κ1) is 18.9. The van der Waals surface area contributed by atoms with Crippen LogP contribution < -0.4 is 0 Å². The van der Waals surface area contributed by atoms with Crippen molar-refractivity contribution in [3.05, 3.63) is 27.5 Å². The number of amides is 1. The highest BCUT2D eigenvalue weighted by Crippen LogP contribution is 2.33. The van der Waals surface area contributed by atoms with Crippen molar-refractivity contribution in [2.45, 2.75) is 38.5 Å². The van der Waals surface area contributed by atoms with E-state index >= 15 is 0 Å². The summed E-state index contributed by atoms with van der Waals surface area (Å²) in [6.45, 7) is 8.92. The molecule has 1 amide bonds. The lowest BCUT2D eigenvalue weighted by Crippen LogP contribution is -2.60. The summed E-state index contributed by atoms with van der Waals surface area (Å²) >= 11 is 9.55. The van der Waals surface area contributed by atoms with Crippen molar-refractivity contribution in [3.8, 4) is 0 Å². The summed E-state index contributed by atoms with van der Waals surface area (Å²) in [7, 11) is 0. The third-order valence-corrected chi connectivity index (χ3v) is 4.92. The molecular formula is C17H23BrClN3O3. The number of carbonyl (C=O) groups excluding carboxylic acids is 1. The van der Waals surface area contributed by atoms with Gasteiger partial charge in [0.1, 0.15) is 15.4 Å². The molecule has 2 fully saturated rings. The fourth-order valence-corrected chi connectivity index (χ4v) is 4.10. The third-order valence-electron chi connectivity index (χ3n) is 4.32. The van der Waals surface area contributed by atoms with Gasteiger partial charge in [-0.1, -0.05) is 11.6 Å². The predicted octanol–water partition coefficient (Wildman–Crippen LogP) is 3.49. The number of ether oxygens (including phenoxy) is 2. The van der Waals surface area contributed by atoms with E-state index in [9.17, 15) is 4.79 Å². The monoisotopic (exact) mass is 431 g/mol. The molecule has 3 heterocycles. The van der Waals surface area contributed by atoms with Crippen LogP contribution in [0.3, 0.4) is 0 Å². The molecule has 2 aliphatic rings. The van der Waals surface area contributed by atoms with Gasteiger partial charge in [0.25, 0.3) is 0 Å². The van der Waals surface area contributed by atoms with Crippen molar-refractivity contribution in [2.24, 2.45) is 0 Å². The predicted molar refractivity (Wildman–Crippen MR) is 98.8 cm³/mol. The van der Waals surface area contributed by atoms with Gasteiger partial charge >= 0.3 is 6.09 Å². The minimum absolute atomic E-state index is 0.0342. The van der Waals surface area contributed by atoms with Crippen LogP contribution in [0.1, 0.15) is 32.4 Å². The minimum atomic E-state index is -0.518. The van der Waals surface area contributed by atoms with Crippen LogP contribution in [-0.4, -0.2) is 65.4 Å². The van der Waals surface area contributed by atoms with E-state index in [1.54, 1.807) is 4.90 Å². The van der Waals surface area contributed by atoms with E-state index in [1.807, 2.05) is 32.9 Å². The van der Waals surface area contributed by atoms with Crippen molar-refractivity contribution in [1.82, 2.24) is 14.8 Å². The van der Waals surface area contributed by atoms with Crippen molar-refractivity contribution in [1.29, 1.82) is 0 Å². The number of fused-ring (bicyclic) bond motifs is 1. The molecule has 1 aromatic heterocycles. The topological polar surface area (TPSA) is 54.9 Å². The largest absolute Gasteiger partial charge is 0.444 e. The number of hydrogen-bond donors (Lipinski definition) is 0. The number of pyridine rings is 1. The second-order valence-corrected chi connectivity index (χ2v) is 8.61. The molecule has 0 saturated carbocycles. The molecule has 25 heavy (non-hydrogen) atoms. The van der Waals surface area contributed by atoms with Crippen molar-refractivity contribution < 1.29 is 14.3 Å². The molecule has 0 unspecified atom stereocenters. The number of halogens is 2. The van der Waals surface area contributed by atoms with E-state index in [-0.39, 0.29) is 18.2 Å². The number of nitrogens with zero attached hydrogens (tertiary/aromatic N) is 3. The van der Waals surface area contributed by atoms with Gasteiger partial charge in [0, 0.05) is 19.6 Å². The normalized spacial score (nSPS) is 24.8. The number of hydrogen-bond acceptors (Lipinski definition) is 5. The van der Waals surface area contributed by atoms with E-state index < -0.39 is 5.60 Å². The Morgan fingerprint density at radius 3 is 2.84 bits per heavy atom. The SMILES string of the molecule is CC(C)(C)OC(=O)N1C[C@H]2COCCN2[C@@H](c2cc(Cl)nc(Br)c2)C1. The number of aromatic nitrogens is 1. The van der Waals surface area contributed by atoms with E-state index in [1.165, 1.54) is 0 Å². The number of carbonyl (C=O) groups is 1. The molecule has 6 nitrogen and oxygen atoms in total. The summed E-state index contributed by atoms with van der Waals surface area (Å²) < 4.78 is 11.9. The van der Waals surface area contributed by atoms with Crippen molar-refractivity contribution >= 4 is 33.6 Å². The lowest BCUT2D eigenvalue weighted by molar-refractivity contribution is -0.0759. The van der Waals surface area contributed by atoms with Crippen LogP contribution in [0.25, 0.3) is 0 Å². The highest BCUT2D eigenvalue weighted by Gasteiger charge is 2.40. The summed E-state index contributed by atoms with van der Waals surface area (Å²) in [5.41, 5.74) is 0.516. The first-order chi connectivity index (χ1) is 11.7. The van der Waals surface area contributed by atoms with Gasteiger partial charge in [0.2, 0.25) is 0 Å². The maximum absolute atomic E-state index is 12.6. The zero-order valence-corrected chi connectivity index (χ0v) is 17.0. The van der Waals surface area contributed by atoms with Crippen molar-refractivity contribution in [3.63, 3.8) is 0 Å². The van der Waals surface area contributed by atoms with Gasteiger partial charge in [-0.05, 0) is 54.4 Å². The van der Waals surface area contributed by atoms with Gasteiger partial charge in [0.15, 0.2) is 0 Å². The molecule has 8 heteroatoms. The molecule has 0 aromatic carbocycles. The maximum Gasteiger partial charge on any atom is 0.410 e. The Hall–Kier alpha value is -0.890. The molecule has 2 saturated heterocycles. The molecule has 3 rings (SSSR count). The fraction of sp³-hybridized carbons (Fsp3) is 0.647. The smallest absolute Gasteiger partial charge is 0.410 e. The van der Waals surface area contributed by atoms with E-state index in [2.05, 4.69) is 25.8 Å². The Labute approximate surface area is 161 Å². The third kappa shape index (κ3) is 4.64. The molecule has 0 N–H and O–H groups in total. The van der Waals surface area contributed by atoms with Crippen LogP contribution in [-0.2, 0) is 9.47 Å². The summed E-state index contributed by atoms with van der Waals surface area (Å²) in [5, 5.41) is 0.434. The minimum Gasteiger partial charge on any atom is -0.444 e. The first-order valence-corrected chi connectivity index (χ1v) is 9.54. The van der Waals surface area contributed by atoms with Crippen LogP contribution in [0.15, 0.2) is 16.7 Å². The lowest BCUT2D eigenvalue weighted by atomic mass is 9.99. The van der Waals surface area contributed by atoms with Crippen LogP contribution >= 0.6 is 27.5 Å². The van der Waals surface area contributed by atoms with Gasteiger partial charge in [-0.15, -0.1) is 0 Å². The van der Waals surface area contributed by atoms with E-state index in [4.69, 9.17) is 21.1 Å². The Kier molecular flexibility index (Phi) is 5.58. The van der Waals surface area contributed by atoms with Crippen LogP contribution in [0, 0.1) is 0 Å². The van der Waals surface area contributed by atoms with E-state index in [0.717, 1.165) is 12.1 Å². The molecule has 2 atom stereocenters. The second-order valence-electron chi connectivity index (χ2n) is 7.41. The van der Waals surface area contributed by atoms with Crippen molar-refractivity contribution in [2.75, 3.05) is 32.8 Å². The summed E-state index contributed by atoms with van der Waals surface area (Å²) in [4.78, 5) is 20.9. The van der Waals surface area contributed by atoms with Crippen LogP contribution in [0.4, 0.5) is 4.79 Å². The molecule has 0 bridgehead atoms. The maximum atomic E-state index is 12.6. The van der Waals surface area contributed by atoms with E-state index in [0.29, 0.717) is 36.1 Å². The Morgan fingerprint density at radius 1 is 1.40 bits per heavy atom. The average Bonchev–Trinajstić information content (AvgIpc) is 2.51. The van der Waals surface area contributed by atoms with Gasteiger partial charge in [-0.2, -0.15) is 0 Å². The summed E-state index contributed by atoms with van der Waals surface area (Å²) in [6.07, 6.45) is -0.290. The zero-order chi connectivity index (χ0) is 18.2. The Balaban J connectivity index is 1.87. The lowest BCUT2D eigenvalue weighted by Gasteiger charge is -2.48. The number of morpholine rings is 1. The van der Waals surface area contributed by atoms with Crippen LogP contribution in [0.2, 0.25) is 5.15 Å². The number of piperazine rings is 1. The van der Waals surface area contributed by atoms with Gasteiger partial charge < -0.3 is 14.4 Å². The highest BCUT2D eigenvalue weighted by molar-refractivity contribution is 9.10. The standard InChI is InChI=1S/C17H23BrClN3O3/c1-17(2,3)25-16(23)21-8-12-10-24-5-4-22(12)13(9-21)11-6-14(18)20-15(19)7-11/h6-7,12-13H,4-5,8-10H2,1-3H3/t12-,13+/m0/s1. The zero-order valence-electron chi connectivity index (χ0n) is 14.7. The molecule has 0 radical (unpaired) electrons. The van der Waals surface area contributed by atoms with Gasteiger partial charge in [-0.3, -0.25) is 4.90 Å². The molecule has 0 spiro atoms. The molecule has 0 aliphatic carbocycles. The highest BCUT2D eigenvalue weighted by atomic mass is 79.9. The Morgan fingerprint density at radius 2 is 2.16 bits per heavy atom. The Bertz CT molecular complexity index is 632. The first-order valence-electron chi connectivity index (χ1n) is 8.37. The average molecular weight is 433 g/mol. The fourth-order valence-electron chi connectivity index (χ4n) is 3.33. The van der Waals surface area contributed by atoms with Gasteiger partial charge in [-0.25, -0.2) is 9.78 Å². The van der Waals surface area contributed by atoms with Gasteiger partial charge in [0.05, 0.1) is 25.3 Å². The summed E-state index contributed by atoms with van der Waals surface area (Å²) in [5.74, 6) is 0. The van der Waals surface area contributed by atoms with Crippen LogP contribution in [0.5, 0.6) is 0 Å². The molecule has 138 valence electrons. The molecule has 1 aromatic rings.